The molecule has 2 N–H and O–H groups in total. The maximum absolute atomic E-state index is 12.1. The number of rotatable bonds is 1. The van der Waals surface area contributed by atoms with Crippen LogP contribution in [-0.2, 0) is 0 Å². The number of hydrogen-bond donors (Lipinski definition) is 1. The summed E-state index contributed by atoms with van der Waals surface area (Å²) in [5.74, 6) is 0. The highest BCUT2D eigenvalue weighted by Crippen LogP contribution is 2.30. The van der Waals surface area contributed by atoms with Crippen molar-refractivity contribution in [2.45, 2.75) is 12.2 Å². The van der Waals surface area contributed by atoms with E-state index in [1.54, 1.807) is 0 Å². The molecule has 14 heavy (non-hydrogen) atoms. The van der Waals surface area contributed by atoms with Gasteiger partial charge in [0.2, 0.25) is 0 Å². The minimum Gasteiger partial charge on any atom is -0.316 e. The molecule has 0 amide bonds. The summed E-state index contributed by atoms with van der Waals surface area (Å²) in [7, 11) is 0. The number of nitrogens with two attached hydrogens (primary N) is 1. The van der Waals surface area contributed by atoms with Crippen molar-refractivity contribution in [1.29, 1.82) is 0 Å². The van der Waals surface area contributed by atoms with E-state index in [1.807, 2.05) is 0 Å². The van der Waals surface area contributed by atoms with Gasteiger partial charge in [0.05, 0.1) is 0 Å². The number of nitrogens with zero attached hydrogens (tertiary/aromatic N) is 1. The molecule has 0 spiro atoms. The zero-order valence-corrected chi connectivity index (χ0v) is 8.33. The van der Waals surface area contributed by atoms with Crippen LogP contribution in [-0.4, -0.2) is 11.2 Å². The minimum absolute atomic E-state index is 0. The first-order valence-electron chi connectivity index (χ1n) is 3.35. The lowest BCUT2D eigenvalue weighted by Crippen LogP contribution is -2.28. The molecule has 0 aliphatic rings. The van der Waals surface area contributed by atoms with Crippen molar-refractivity contribution in [3.05, 3.63) is 29.0 Å². The second kappa shape index (κ2) is 4.82. The lowest BCUT2D eigenvalue weighted by molar-refractivity contribution is -0.149. The first-order valence-corrected chi connectivity index (χ1v) is 3.73. The SMILES string of the molecule is Cl.N[C@H](c1ccnc(Cl)c1)C(F)(F)F. The van der Waals surface area contributed by atoms with Gasteiger partial charge in [0.25, 0.3) is 0 Å². The molecule has 80 valence electrons. The third-order valence-electron chi connectivity index (χ3n) is 1.46. The van der Waals surface area contributed by atoms with Gasteiger partial charge in [-0.1, -0.05) is 11.6 Å². The van der Waals surface area contributed by atoms with E-state index in [1.165, 1.54) is 12.3 Å². The topological polar surface area (TPSA) is 38.9 Å². The number of hydrogen-bond acceptors (Lipinski definition) is 2. The Balaban J connectivity index is 0.00000169. The monoisotopic (exact) mass is 246 g/mol. The van der Waals surface area contributed by atoms with Crippen LogP contribution >= 0.6 is 24.0 Å². The zero-order chi connectivity index (χ0) is 10.1. The Bertz CT molecular complexity index is 303. The molecule has 0 saturated carbocycles. The van der Waals surface area contributed by atoms with Crippen molar-refractivity contribution in [2.24, 2.45) is 5.73 Å². The Morgan fingerprint density at radius 1 is 1.43 bits per heavy atom. The highest BCUT2D eigenvalue weighted by Gasteiger charge is 2.37. The van der Waals surface area contributed by atoms with E-state index >= 15 is 0 Å². The largest absolute Gasteiger partial charge is 0.407 e. The van der Waals surface area contributed by atoms with Gasteiger partial charge in [0.1, 0.15) is 11.2 Å². The van der Waals surface area contributed by atoms with Crippen molar-refractivity contribution >= 4 is 24.0 Å². The highest BCUT2D eigenvalue weighted by molar-refractivity contribution is 6.29. The van der Waals surface area contributed by atoms with Gasteiger partial charge in [-0.2, -0.15) is 13.2 Å². The average Bonchev–Trinajstić information content (AvgIpc) is 2.01. The van der Waals surface area contributed by atoms with Crippen LogP contribution < -0.4 is 5.73 Å². The number of alkyl halides is 3. The van der Waals surface area contributed by atoms with Gasteiger partial charge in [-0.25, -0.2) is 4.98 Å². The zero-order valence-electron chi connectivity index (χ0n) is 6.75. The van der Waals surface area contributed by atoms with Crippen molar-refractivity contribution < 1.29 is 13.2 Å². The molecule has 0 radical (unpaired) electrons. The summed E-state index contributed by atoms with van der Waals surface area (Å²) in [5.41, 5.74) is 4.84. The fourth-order valence-corrected chi connectivity index (χ4v) is 0.982. The molecule has 1 aromatic heterocycles. The molecule has 0 aliphatic carbocycles. The molecular formula is C7H7Cl2F3N2. The lowest BCUT2D eigenvalue weighted by Gasteiger charge is -2.15. The van der Waals surface area contributed by atoms with E-state index in [2.05, 4.69) is 4.98 Å². The van der Waals surface area contributed by atoms with Crippen LogP contribution in [0, 0.1) is 0 Å². The van der Waals surface area contributed by atoms with Crippen molar-refractivity contribution in [2.75, 3.05) is 0 Å². The molecule has 0 unspecified atom stereocenters. The standard InChI is InChI=1S/C7H6ClF3N2.ClH/c8-5-3-4(1-2-13-5)6(12)7(9,10)11;/h1-3,6H,12H2;1H/t6-;/m1./s1. The second-order valence-corrected chi connectivity index (χ2v) is 2.82. The molecule has 0 aromatic carbocycles. The highest BCUT2D eigenvalue weighted by atomic mass is 35.5. The van der Waals surface area contributed by atoms with Crippen LogP contribution in [0.3, 0.4) is 0 Å². The van der Waals surface area contributed by atoms with Crippen LogP contribution in [0.25, 0.3) is 0 Å². The average molecular weight is 247 g/mol. The Morgan fingerprint density at radius 3 is 2.43 bits per heavy atom. The molecule has 1 aromatic rings. The van der Waals surface area contributed by atoms with Gasteiger partial charge < -0.3 is 5.73 Å². The number of halogens is 5. The normalized spacial score (nSPS) is 13.2. The molecule has 1 rings (SSSR count). The van der Waals surface area contributed by atoms with E-state index in [0.717, 1.165) is 6.07 Å². The fourth-order valence-electron chi connectivity index (χ4n) is 0.800. The van der Waals surface area contributed by atoms with E-state index in [0.29, 0.717) is 0 Å². The third kappa shape index (κ3) is 3.32. The molecular weight excluding hydrogens is 240 g/mol. The van der Waals surface area contributed by atoms with Crippen molar-refractivity contribution in [1.82, 2.24) is 4.98 Å². The molecule has 0 fully saturated rings. The first-order chi connectivity index (χ1) is 5.91. The summed E-state index contributed by atoms with van der Waals surface area (Å²) < 4.78 is 36.2. The van der Waals surface area contributed by atoms with Crippen LogP contribution in [0.2, 0.25) is 5.15 Å². The van der Waals surface area contributed by atoms with Crippen LogP contribution in [0.5, 0.6) is 0 Å². The summed E-state index contributed by atoms with van der Waals surface area (Å²) >= 11 is 5.40. The van der Waals surface area contributed by atoms with Gasteiger partial charge in [-0.15, -0.1) is 12.4 Å². The number of aromatic nitrogens is 1. The quantitative estimate of drug-likeness (QED) is 0.775. The molecule has 1 heterocycles. The fraction of sp³-hybridized carbons (Fsp3) is 0.286. The van der Waals surface area contributed by atoms with Gasteiger partial charge in [-0.05, 0) is 17.7 Å². The second-order valence-electron chi connectivity index (χ2n) is 2.43. The first kappa shape index (κ1) is 13.5. The van der Waals surface area contributed by atoms with Gasteiger partial charge in [-0.3, -0.25) is 0 Å². The smallest absolute Gasteiger partial charge is 0.316 e. The van der Waals surface area contributed by atoms with Gasteiger partial charge in [0.15, 0.2) is 0 Å². The predicted octanol–water partition coefficient (Wildman–Crippen LogP) is 2.72. The minimum atomic E-state index is -4.45. The summed E-state index contributed by atoms with van der Waals surface area (Å²) in [6.07, 6.45) is -3.27. The molecule has 2 nitrogen and oxygen atoms in total. The van der Waals surface area contributed by atoms with Gasteiger partial charge >= 0.3 is 6.18 Å². The maximum atomic E-state index is 12.1. The van der Waals surface area contributed by atoms with Crippen LogP contribution in [0.15, 0.2) is 18.3 Å². The summed E-state index contributed by atoms with van der Waals surface area (Å²) in [5, 5.41) is -0.00259. The Hall–Kier alpha value is -0.520. The Labute approximate surface area is 89.7 Å². The lowest BCUT2D eigenvalue weighted by atomic mass is 10.1. The summed E-state index contributed by atoms with van der Waals surface area (Å²) in [6, 6.07) is 0.275. The molecule has 0 saturated heterocycles. The summed E-state index contributed by atoms with van der Waals surface area (Å²) in [4.78, 5) is 3.55. The van der Waals surface area contributed by atoms with Crippen molar-refractivity contribution in [3.8, 4) is 0 Å². The van der Waals surface area contributed by atoms with Crippen molar-refractivity contribution in [3.63, 3.8) is 0 Å². The van der Waals surface area contributed by atoms with E-state index in [9.17, 15) is 13.2 Å². The molecule has 1 atom stereocenters. The van der Waals surface area contributed by atoms with E-state index in [4.69, 9.17) is 17.3 Å². The third-order valence-corrected chi connectivity index (χ3v) is 1.67. The Kier molecular flexibility index (Phi) is 4.64. The summed E-state index contributed by atoms with van der Waals surface area (Å²) in [6.45, 7) is 0. The van der Waals surface area contributed by atoms with E-state index < -0.39 is 12.2 Å². The van der Waals surface area contributed by atoms with E-state index in [-0.39, 0.29) is 23.1 Å². The maximum Gasteiger partial charge on any atom is 0.407 e. The van der Waals surface area contributed by atoms with Crippen LogP contribution in [0.1, 0.15) is 11.6 Å². The molecule has 0 aliphatic heterocycles. The number of pyridine rings is 1. The predicted molar refractivity (Wildman–Crippen MR) is 49.5 cm³/mol. The molecule has 7 heteroatoms. The van der Waals surface area contributed by atoms with Crippen LogP contribution in [0.4, 0.5) is 13.2 Å². The Morgan fingerprint density at radius 2 is 2.00 bits per heavy atom. The molecule has 0 bridgehead atoms. The van der Waals surface area contributed by atoms with Gasteiger partial charge in [0, 0.05) is 6.20 Å².